The lowest BCUT2D eigenvalue weighted by atomic mass is 10.0. The molecule has 0 aromatic heterocycles. The SMILES string of the molecule is O=C(CC1CSCCN1)N1CCCC1c1cccc(Br)c1. The molecule has 114 valence electrons. The molecule has 1 aromatic rings. The number of thioether (sulfide) groups is 1. The van der Waals surface area contributed by atoms with E-state index in [-0.39, 0.29) is 6.04 Å². The van der Waals surface area contributed by atoms with Gasteiger partial charge in [0.2, 0.25) is 5.91 Å². The molecule has 0 bridgehead atoms. The summed E-state index contributed by atoms with van der Waals surface area (Å²) in [6.07, 6.45) is 2.82. The monoisotopic (exact) mass is 368 g/mol. The molecule has 2 aliphatic rings. The molecule has 0 saturated carbocycles. The molecule has 2 fully saturated rings. The molecule has 2 heterocycles. The fourth-order valence-corrected chi connectivity index (χ4v) is 4.57. The van der Waals surface area contributed by atoms with Gasteiger partial charge in [-0.2, -0.15) is 11.8 Å². The average Bonchev–Trinajstić information content (AvgIpc) is 2.98. The first kappa shape index (κ1) is 15.4. The Balaban J connectivity index is 1.67. The number of amides is 1. The lowest BCUT2D eigenvalue weighted by molar-refractivity contribution is -0.132. The van der Waals surface area contributed by atoms with Gasteiger partial charge in [0.05, 0.1) is 6.04 Å². The third-order valence-electron chi connectivity index (χ3n) is 4.23. The molecule has 5 heteroatoms. The minimum atomic E-state index is 0.256. The van der Waals surface area contributed by atoms with E-state index in [9.17, 15) is 4.79 Å². The van der Waals surface area contributed by atoms with Crippen LogP contribution in [-0.4, -0.2) is 41.4 Å². The van der Waals surface area contributed by atoms with Crippen LogP contribution in [0.5, 0.6) is 0 Å². The van der Waals surface area contributed by atoms with Gasteiger partial charge >= 0.3 is 0 Å². The molecule has 0 aliphatic carbocycles. The van der Waals surface area contributed by atoms with E-state index < -0.39 is 0 Å². The fraction of sp³-hybridized carbons (Fsp3) is 0.562. The quantitative estimate of drug-likeness (QED) is 0.888. The number of carbonyl (C=O) groups is 1. The van der Waals surface area contributed by atoms with Crippen LogP contribution in [0.15, 0.2) is 28.7 Å². The van der Waals surface area contributed by atoms with Crippen molar-refractivity contribution in [2.75, 3.05) is 24.6 Å². The highest BCUT2D eigenvalue weighted by Crippen LogP contribution is 2.33. The predicted octanol–water partition coefficient (Wildman–Crippen LogP) is 3.21. The maximum atomic E-state index is 12.6. The zero-order valence-electron chi connectivity index (χ0n) is 12.1. The Hall–Kier alpha value is -0.520. The van der Waals surface area contributed by atoms with Gasteiger partial charge < -0.3 is 10.2 Å². The second-order valence-electron chi connectivity index (χ2n) is 5.73. The number of halogens is 1. The smallest absolute Gasteiger partial charge is 0.224 e. The van der Waals surface area contributed by atoms with Gasteiger partial charge in [0.25, 0.3) is 0 Å². The van der Waals surface area contributed by atoms with Crippen molar-refractivity contribution in [3.05, 3.63) is 34.3 Å². The number of hydrogen-bond donors (Lipinski definition) is 1. The summed E-state index contributed by atoms with van der Waals surface area (Å²) in [5, 5.41) is 3.46. The summed E-state index contributed by atoms with van der Waals surface area (Å²) in [5.41, 5.74) is 1.25. The Kier molecular flexibility index (Phi) is 5.24. The predicted molar refractivity (Wildman–Crippen MR) is 91.6 cm³/mol. The molecule has 0 radical (unpaired) electrons. The molecule has 1 amide bonds. The van der Waals surface area contributed by atoms with E-state index in [1.807, 2.05) is 17.8 Å². The summed E-state index contributed by atoms with van der Waals surface area (Å²) in [5.74, 6) is 2.52. The van der Waals surface area contributed by atoms with Crippen LogP contribution in [0.4, 0.5) is 0 Å². The zero-order chi connectivity index (χ0) is 14.7. The van der Waals surface area contributed by atoms with Gasteiger partial charge in [0, 0.05) is 41.5 Å². The second-order valence-corrected chi connectivity index (χ2v) is 7.80. The molecule has 21 heavy (non-hydrogen) atoms. The number of benzene rings is 1. The molecule has 2 saturated heterocycles. The van der Waals surface area contributed by atoms with Crippen LogP contribution in [0.3, 0.4) is 0 Å². The first-order valence-corrected chi connectivity index (χ1v) is 9.55. The molecule has 1 N–H and O–H groups in total. The van der Waals surface area contributed by atoms with E-state index in [1.165, 1.54) is 5.56 Å². The maximum absolute atomic E-state index is 12.6. The Morgan fingerprint density at radius 2 is 2.38 bits per heavy atom. The number of likely N-dealkylation sites (tertiary alicyclic amines) is 1. The van der Waals surface area contributed by atoms with Crippen LogP contribution in [0.1, 0.15) is 30.9 Å². The van der Waals surface area contributed by atoms with Gasteiger partial charge in [-0.3, -0.25) is 4.79 Å². The molecule has 3 rings (SSSR count). The van der Waals surface area contributed by atoms with Gasteiger partial charge in [-0.25, -0.2) is 0 Å². The minimum absolute atomic E-state index is 0.256. The number of carbonyl (C=O) groups excluding carboxylic acids is 1. The van der Waals surface area contributed by atoms with Crippen molar-refractivity contribution < 1.29 is 4.79 Å². The van der Waals surface area contributed by atoms with E-state index in [2.05, 4.69) is 44.3 Å². The third kappa shape index (κ3) is 3.82. The Bertz CT molecular complexity index is 505. The topological polar surface area (TPSA) is 32.3 Å². The van der Waals surface area contributed by atoms with Crippen molar-refractivity contribution >= 4 is 33.6 Å². The second kappa shape index (κ2) is 7.16. The molecular formula is C16H21BrN2OS. The normalized spacial score (nSPS) is 26.0. The summed E-state index contributed by atoms with van der Waals surface area (Å²) in [7, 11) is 0. The zero-order valence-corrected chi connectivity index (χ0v) is 14.5. The van der Waals surface area contributed by atoms with Gasteiger partial charge in [-0.05, 0) is 30.5 Å². The highest BCUT2D eigenvalue weighted by molar-refractivity contribution is 9.10. The van der Waals surface area contributed by atoms with Crippen molar-refractivity contribution in [1.29, 1.82) is 0 Å². The summed E-state index contributed by atoms with van der Waals surface area (Å²) < 4.78 is 1.09. The van der Waals surface area contributed by atoms with Crippen LogP contribution in [0.25, 0.3) is 0 Å². The van der Waals surface area contributed by atoms with E-state index >= 15 is 0 Å². The maximum Gasteiger partial charge on any atom is 0.224 e. The van der Waals surface area contributed by atoms with Gasteiger partial charge in [0.1, 0.15) is 0 Å². The summed E-state index contributed by atoms with van der Waals surface area (Å²) >= 11 is 5.48. The van der Waals surface area contributed by atoms with Crippen molar-refractivity contribution in [2.45, 2.75) is 31.3 Å². The van der Waals surface area contributed by atoms with Gasteiger partial charge in [0.15, 0.2) is 0 Å². The van der Waals surface area contributed by atoms with Crippen LogP contribution in [-0.2, 0) is 4.79 Å². The lowest BCUT2D eigenvalue weighted by Gasteiger charge is -2.29. The molecule has 2 unspecified atom stereocenters. The van der Waals surface area contributed by atoms with Gasteiger partial charge in [-0.1, -0.05) is 28.1 Å². The molecule has 2 atom stereocenters. The van der Waals surface area contributed by atoms with E-state index in [0.717, 1.165) is 41.9 Å². The van der Waals surface area contributed by atoms with Crippen molar-refractivity contribution in [3.63, 3.8) is 0 Å². The standard InChI is InChI=1S/C16H21BrN2OS/c17-13-4-1-3-12(9-13)15-5-2-7-19(15)16(20)10-14-11-21-8-6-18-14/h1,3-4,9,14-15,18H,2,5-8,10-11H2. The number of rotatable bonds is 3. The highest BCUT2D eigenvalue weighted by atomic mass is 79.9. The van der Waals surface area contributed by atoms with Crippen LogP contribution < -0.4 is 5.32 Å². The molecule has 1 aromatic carbocycles. The summed E-state index contributed by atoms with van der Waals surface area (Å²) in [4.78, 5) is 14.7. The van der Waals surface area contributed by atoms with Crippen LogP contribution in [0, 0.1) is 0 Å². The van der Waals surface area contributed by atoms with Crippen LogP contribution in [0.2, 0.25) is 0 Å². The molecular weight excluding hydrogens is 348 g/mol. The summed E-state index contributed by atoms with van der Waals surface area (Å²) in [6, 6.07) is 8.97. The minimum Gasteiger partial charge on any atom is -0.336 e. The van der Waals surface area contributed by atoms with Gasteiger partial charge in [-0.15, -0.1) is 0 Å². The van der Waals surface area contributed by atoms with Crippen LogP contribution >= 0.6 is 27.7 Å². The van der Waals surface area contributed by atoms with Crippen molar-refractivity contribution in [2.24, 2.45) is 0 Å². The number of nitrogens with one attached hydrogen (secondary N) is 1. The Labute approximate surface area is 139 Å². The number of nitrogens with zero attached hydrogens (tertiary/aromatic N) is 1. The Morgan fingerprint density at radius 1 is 1.48 bits per heavy atom. The number of hydrogen-bond acceptors (Lipinski definition) is 3. The first-order chi connectivity index (χ1) is 10.2. The van der Waals surface area contributed by atoms with E-state index in [0.29, 0.717) is 18.4 Å². The summed E-state index contributed by atoms with van der Waals surface area (Å²) in [6.45, 7) is 1.92. The molecule has 3 nitrogen and oxygen atoms in total. The van der Waals surface area contributed by atoms with Crippen molar-refractivity contribution in [3.8, 4) is 0 Å². The third-order valence-corrected chi connectivity index (χ3v) is 5.85. The van der Waals surface area contributed by atoms with E-state index in [1.54, 1.807) is 0 Å². The first-order valence-electron chi connectivity index (χ1n) is 7.60. The molecule has 0 spiro atoms. The highest BCUT2D eigenvalue weighted by Gasteiger charge is 2.31. The fourth-order valence-electron chi connectivity index (χ4n) is 3.20. The average molecular weight is 369 g/mol. The lowest BCUT2D eigenvalue weighted by Crippen LogP contribution is -2.42. The largest absolute Gasteiger partial charge is 0.336 e. The van der Waals surface area contributed by atoms with Crippen molar-refractivity contribution in [1.82, 2.24) is 10.2 Å². The Morgan fingerprint density at radius 3 is 3.14 bits per heavy atom. The van der Waals surface area contributed by atoms with E-state index in [4.69, 9.17) is 0 Å². The molecule has 2 aliphatic heterocycles.